The third-order valence-corrected chi connectivity index (χ3v) is 12.9. The van der Waals surface area contributed by atoms with Gasteiger partial charge in [-0.05, 0) is 103 Å². The topological polar surface area (TPSA) is 43.6 Å². The lowest BCUT2D eigenvalue weighted by molar-refractivity contribution is 1.03. The monoisotopic (exact) mass is 788 g/mol. The van der Waals surface area contributed by atoms with E-state index in [2.05, 4.69) is 180 Å². The fourth-order valence-electron chi connectivity index (χ4n) is 9.96. The second-order valence-corrected chi connectivity index (χ2v) is 16.4. The smallest absolute Gasteiger partial charge is 0.164 e. The lowest BCUT2D eigenvalue weighted by atomic mass is 9.85. The Hall–Kier alpha value is -8.21. The Morgan fingerprint density at radius 2 is 0.871 bits per heavy atom. The molecule has 1 unspecified atom stereocenters. The van der Waals surface area contributed by atoms with Crippen molar-refractivity contribution in [2.24, 2.45) is 0 Å². The molecule has 1 aliphatic rings. The molecule has 4 heteroatoms. The largest absolute Gasteiger partial charge is 0.309 e. The minimum Gasteiger partial charge on any atom is -0.309 e. The molecule has 0 saturated heterocycles. The Labute approximate surface area is 358 Å². The first-order valence-electron chi connectivity index (χ1n) is 21.2. The summed E-state index contributed by atoms with van der Waals surface area (Å²) in [6, 6.07) is 76.7. The van der Waals surface area contributed by atoms with Gasteiger partial charge in [-0.2, -0.15) is 0 Å². The van der Waals surface area contributed by atoms with Gasteiger partial charge < -0.3 is 4.57 Å². The molecular formula is C58H36N4. The van der Waals surface area contributed by atoms with Crippen molar-refractivity contribution in [2.45, 2.75) is 5.92 Å². The van der Waals surface area contributed by atoms with Crippen molar-refractivity contribution in [3.63, 3.8) is 0 Å². The van der Waals surface area contributed by atoms with Crippen LogP contribution in [0.4, 0.5) is 0 Å². The van der Waals surface area contributed by atoms with Gasteiger partial charge >= 0.3 is 0 Å². The van der Waals surface area contributed by atoms with Crippen molar-refractivity contribution in [3.8, 4) is 51.0 Å². The van der Waals surface area contributed by atoms with Crippen LogP contribution in [0.15, 0.2) is 212 Å². The molecule has 0 amide bonds. The quantitative estimate of drug-likeness (QED) is 0.174. The normalized spacial score (nSPS) is 13.3. The molecule has 0 fully saturated rings. The fraction of sp³-hybridized carbons (Fsp3) is 0.0172. The fourth-order valence-corrected chi connectivity index (χ4v) is 9.96. The number of hydrogen-bond acceptors (Lipinski definition) is 3. The number of benzene rings is 10. The summed E-state index contributed by atoms with van der Waals surface area (Å²) in [5.41, 5.74) is 13.0. The summed E-state index contributed by atoms with van der Waals surface area (Å²) in [4.78, 5) is 15.0. The molecule has 288 valence electrons. The van der Waals surface area contributed by atoms with E-state index in [9.17, 15) is 0 Å². The average molecular weight is 789 g/mol. The van der Waals surface area contributed by atoms with E-state index in [0.29, 0.717) is 17.5 Å². The molecule has 1 aliphatic carbocycles. The SMILES string of the molecule is c1ccc(-c2nc(-c3ccccc3)nc(-c3ccc4c(C5c6ccccc6-c6cc7c8cc9ccccc9cc8n(-c8ccc9ccccc9c8)c7cc65)cccc4c3)n2)cc1. The highest BCUT2D eigenvalue weighted by Gasteiger charge is 2.32. The van der Waals surface area contributed by atoms with Gasteiger partial charge in [-0.25, -0.2) is 15.0 Å². The maximum Gasteiger partial charge on any atom is 0.164 e. The summed E-state index contributed by atoms with van der Waals surface area (Å²) in [5, 5.41) is 9.83. The molecule has 0 bridgehead atoms. The summed E-state index contributed by atoms with van der Waals surface area (Å²) in [6.45, 7) is 0. The van der Waals surface area contributed by atoms with E-state index in [1.165, 1.54) is 76.6 Å². The van der Waals surface area contributed by atoms with Crippen molar-refractivity contribution < 1.29 is 0 Å². The third-order valence-electron chi connectivity index (χ3n) is 12.9. The molecule has 2 heterocycles. The van der Waals surface area contributed by atoms with E-state index in [-0.39, 0.29) is 5.92 Å². The lowest BCUT2D eigenvalue weighted by Gasteiger charge is -2.18. The number of aromatic nitrogens is 4. The summed E-state index contributed by atoms with van der Waals surface area (Å²) in [5.74, 6) is 2.00. The van der Waals surface area contributed by atoms with E-state index in [4.69, 9.17) is 15.0 Å². The van der Waals surface area contributed by atoms with E-state index >= 15 is 0 Å². The van der Waals surface area contributed by atoms with Crippen molar-refractivity contribution >= 4 is 54.1 Å². The molecule has 13 rings (SSSR count). The molecule has 4 nitrogen and oxygen atoms in total. The third kappa shape index (κ3) is 5.43. The zero-order valence-corrected chi connectivity index (χ0v) is 33.6. The lowest BCUT2D eigenvalue weighted by Crippen LogP contribution is -2.02. The second-order valence-electron chi connectivity index (χ2n) is 16.4. The molecule has 0 radical (unpaired) electrons. The van der Waals surface area contributed by atoms with Crippen LogP contribution >= 0.6 is 0 Å². The molecule has 0 spiro atoms. The Balaban J connectivity index is 1.01. The van der Waals surface area contributed by atoms with Crippen LogP contribution in [-0.2, 0) is 0 Å². The van der Waals surface area contributed by atoms with Crippen LogP contribution in [0.3, 0.4) is 0 Å². The molecule has 0 N–H and O–H groups in total. The standard InChI is InChI=1S/C58H36N4/c1-3-15-37(16-4-1)56-59-57(38-17-5-2-6-18-38)61-58(60-56)43-27-29-45-42(30-43)22-13-25-47(45)55-48-24-12-11-23-46(48)49-34-51-50-32-40-20-9-10-21-41(40)33-53(50)62(54(51)35-52(49)55)44-28-26-36-14-7-8-19-39(36)31-44/h1-35,55H. The highest BCUT2D eigenvalue weighted by atomic mass is 15.0. The van der Waals surface area contributed by atoms with E-state index in [1.54, 1.807) is 0 Å². The maximum atomic E-state index is 5.06. The van der Waals surface area contributed by atoms with Crippen molar-refractivity contribution in [2.75, 3.05) is 0 Å². The summed E-state index contributed by atoms with van der Waals surface area (Å²) in [6.07, 6.45) is 0. The van der Waals surface area contributed by atoms with Crippen LogP contribution in [0, 0.1) is 0 Å². The van der Waals surface area contributed by atoms with E-state index < -0.39 is 0 Å². The summed E-state index contributed by atoms with van der Waals surface area (Å²) >= 11 is 0. The number of hydrogen-bond donors (Lipinski definition) is 0. The van der Waals surface area contributed by atoms with Gasteiger partial charge in [0.05, 0.1) is 11.0 Å². The first-order valence-corrected chi connectivity index (χ1v) is 21.2. The molecule has 10 aromatic carbocycles. The summed E-state index contributed by atoms with van der Waals surface area (Å²) < 4.78 is 2.49. The van der Waals surface area contributed by atoms with Gasteiger partial charge in [-0.15, -0.1) is 0 Å². The van der Waals surface area contributed by atoms with Gasteiger partial charge in [0.25, 0.3) is 0 Å². The molecule has 0 saturated carbocycles. The minimum absolute atomic E-state index is 0.0360. The molecular weight excluding hydrogens is 753 g/mol. The van der Waals surface area contributed by atoms with Crippen molar-refractivity contribution in [3.05, 3.63) is 229 Å². The van der Waals surface area contributed by atoms with Gasteiger partial charge in [0, 0.05) is 39.1 Å². The van der Waals surface area contributed by atoms with E-state index in [1.807, 2.05) is 36.4 Å². The van der Waals surface area contributed by atoms with Crippen LogP contribution in [0.1, 0.15) is 22.6 Å². The van der Waals surface area contributed by atoms with Crippen LogP contribution in [-0.4, -0.2) is 19.5 Å². The van der Waals surface area contributed by atoms with Crippen LogP contribution in [0.2, 0.25) is 0 Å². The Morgan fingerprint density at radius 1 is 0.306 bits per heavy atom. The Morgan fingerprint density at radius 3 is 1.61 bits per heavy atom. The Kier molecular flexibility index (Phi) is 7.63. The molecule has 12 aromatic rings. The predicted molar refractivity (Wildman–Crippen MR) is 256 cm³/mol. The highest BCUT2D eigenvalue weighted by molar-refractivity contribution is 6.15. The van der Waals surface area contributed by atoms with Gasteiger partial charge in [-0.1, -0.05) is 170 Å². The van der Waals surface area contributed by atoms with Gasteiger partial charge in [0.1, 0.15) is 0 Å². The number of rotatable bonds is 5. The average Bonchev–Trinajstić information content (AvgIpc) is 3.83. The zero-order valence-electron chi connectivity index (χ0n) is 33.6. The van der Waals surface area contributed by atoms with Crippen LogP contribution < -0.4 is 0 Å². The zero-order chi connectivity index (χ0) is 40.7. The van der Waals surface area contributed by atoms with E-state index in [0.717, 1.165) is 27.8 Å². The maximum absolute atomic E-state index is 5.06. The number of nitrogens with zero attached hydrogens (tertiary/aromatic N) is 4. The summed E-state index contributed by atoms with van der Waals surface area (Å²) in [7, 11) is 0. The second kappa shape index (κ2) is 13.7. The van der Waals surface area contributed by atoms with Crippen molar-refractivity contribution in [1.29, 1.82) is 0 Å². The van der Waals surface area contributed by atoms with Crippen LogP contribution in [0.25, 0.3) is 105 Å². The molecule has 0 aliphatic heterocycles. The van der Waals surface area contributed by atoms with Gasteiger partial charge in [0.15, 0.2) is 17.5 Å². The van der Waals surface area contributed by atoms with Crippen LogP contribution in [0.5, 0.6) is 0 Å². The number of fused-ring (bicyclic) bond motifs is 9. The molecule has 62 heavy (non-hydrogen) atoms. The van der Waals surface area contributed by atoms with Gasteiger partial charge in [0.2, 0.25) is 0 Å². The minimum atomic E-state index is 0.0360. The predicted octanol–water partition coefficient (Wildman–Crippen LogP) is 14.6. The Bertz CT molecular complexity index is 3700. The molecule has 1 atom stereocenters. The van der Waals surface area contributed by atoms with Crippen molar-refractivity contribution in [1.82, 2.24) is 19.5 Å². The highest BCUT2D eigenvalue weighted by Crippen LogP contribution is 2.52. The molecule has 2 aromatic heterocycles. The van der Waals surface area contributed by atoms with Gasteiger partial charge in [-0.3, -0.25) is 0 Å². The first kappa shape index (κ1) is 34.6. The first-order chi connectivity index (χ1) is 30.7.